The van der Waals surface area contributed by atoms with E-state index in [0.717, 1.165) is 22.3 Å². The van der Waals surface area contributed by atoms with Gasteiger partial charge in [0, 0.05) is 12.1 Å². The van der Waals surface area contributed by atoms with Crippen LogP contribution in [0.25, 0.3) is 0 Å². The smallest absolute Gasteiger partial charge is 0.319 e. The first kappa shape index (κ1) is 28.9. The molecule has 1 aliphatic rings. The molecule has 4 amide bonds. The maximum absolute atomic E-state index is 14.2. The molecule has 3 N–H and O–H groups in total. The first-order chi connectivity index (χ1) is 19.0. The topological polar surface area (TPSA) is 90.5 Å². The van der Waals surface area contributed by atoms with Crippen LogP contribution >= 0.6 is 0 Å². The monoisotopic (exact) mass is 540 g/mol. The molecule has 210 valence electrons. The largest absolute Gasteiger partial charge is 0.326 e. The molecule has 3 atom stereocenters. The minimum absolute atomic E-state index is 0.0372. The summed E-state index contributed by atoms with van der Waals surface area (Å²) in [6.45, 7) is 9.95. The number of benzene rings is 3. The second-order valence-electron chi connectivity index (χ2n) is 12.0. The first-order valence-corrected chi connectivity index (χ1v) is 13.9. The molecule has 0 spiro atoms. The maximum Gasteiger partial charge on any atom is 0.319 e. The van der Waals surface area contributed by atoms with Gasteiger partial charge < -0.3 is 10.6 Å². The highest BCUT2D eigenvalue weighted by Crippen LogP contribution is 2.38. The summed E-state index contributed by atoms with van der Waals surface area (Å²) >= 11 is 0. The van der Waals surface area contributed by atoms with Gasteiger partial charge in [-0.05, 0) is 61.3 Å². The molecule has 3 aromatic rings. The molecule has 0 saturated carbocycles. The molecule has 3 aromatic carbocycles. The molecule has 1 aliphatic heterocycles. The zero-order chi connectivity index (χ0) is 28.9. The molecule has 0 radical (unpaired) electrons. The predicted octanol–water partition coefficient (Wildman–Crippen LogP) is 6.41. The number of carbonyl (C=O) groups excluding carboxylic acids is 3. The summed E-state index contributed by atoms with van der Waals surface area (Å²) in [6, 6.07) is 23.8. The minimum atomic E-state index is -0.847. The van der Waals surface area contributed by atoms with E-state index in [4.69, 9.17) is 0 Å². The van der Waals surface area contributed by atoms with E-state index in [9.17, 15) is 14.4 Å². The number of hydrogen-bond donors (Lipinski definition) is 3. The molecule has 1 heterocycles. The Bertz CT molecular complexity index is 1330. The van der Waals surface area contributed by atoms with Gasteiger partial charge in [0.1, 0.15) is 6.04 Å². The van der Waals surface area contributed by atoms with Crippen molar-refractivity contribution >= 4 is 23.5 Å². The number of carbonyl (C=O) groups is 3. The highest BCUT2D eigenvalue weighted by Gasteiger charge is 2.40. The Morgan fingerprint density at radius 2 is 1.52 bits per heavy atom. The molecule has 0 aromatic heterocycles. The number of hydrogen-bond acceptors (Lipinski definition) is 3. The second kappa shape index (κ2) is 12.4. The Balaban J connectivity index is 1.70. The number of nitrogens with zero attached hydrogens (tertiary/aromatic N) is 1. The van der Waals surface area contributed by atoms with Crippen LogP contribution in [0.5, 0.6) is 0 Å². The van der Waals surface area contributed by atoms with Crippen LogP contribution in [0.2, 0.25) is 0 Å². The Morgan fingerprint density at radius 1 is 0.850 bits per heavy atom. The van der Waals surface area contributed by atoms with Gasteiger partial charge in [-0.15, -0.1) is 0 Å². The predicted molar refractivity (Wildman–Crippen MR) is 159 cm³/mol. The molecule has 1 fully saturated rings. The summed E-state index contributed by atoms with van der Waals surface area (Å²) in [7, 11) is 0. The second-order valence-corrected chi connectivity index (χ2v) is 12.0. The van der Waals surface area contributed by atoms with Crippen molar-refractivity contribution in [2.75, 3.05) is 5.32 Å². The lowest BCUT2D eigenvalue weighted by atomic mass is 9.86. The van der Waals surface area contributed by atoms with Gasteiger partial charge in [0.2, 0.25) is 5.91 Å². The average molecular weight is 541 g/mol. The van der Waals surface area contributed by atoms with Gasteiger partial charge in [0.15, 0.2) is 0 Å². The number of amides is 4. The van der Waals surface area contributed by atoms with Crippen LogP contribution in [0.1, 0.15) is 74.2 Å². The summed E-state index contributed by atoms with van der Waals surface area (Å²) < 4.78 is 0. The van der Waals surface area contributed by atoms with Crippen molar-refractivity contribution in [1.29, 1.82) is 0 Å². The molecule has 7 heteroatoms. The van der Waals surface area contributed by atoms with Crippen molar-refractivity contribution in [3.05, 3.63) is 101 Å². The Hall–Kier alpha value is -4.13. The van der Waals surface area contributed by atoms with Gasteiger partial charge >= 0.3 is 6.03 Å². The average Bonchev–Trinajstić information content (AvgIpc) is 3.02. The molecule has 7 nitrogen and oxygen atoms in total. The van der Waals surface area contributed by atoms with Gasteiger partial charge in [-0.1, -0.05) is 98.6 Å². The van der Waals surface area contributed by atoms with Gasteiger partial charge in [0.05, 0.1) is 6.04 Å². The molecular weight excluding hydrogens is 500 g/mol. The normalized spacial score (nSPS) is 19.5. The maximum atomic E-state index is 14.2. The van der Waals surface area contributed by atoms with Crippen LogP contribution < -0.4 is 16.1 Å². The molecule has 0 aliphatic carbocycles. The highest BCUT2D eigenvalue weighted by molar-refractivity contribution is 5.94. The summed E-state index contributed by atoms with van der Waals surface area (Å²) in [6.07, 6.45) is 1.25. The highest BCUT2D eigenvalue weighted by atomic mass is 16.2. The third kappa shape index (κ3) is 7.72. The summed E-state index contributed by atoms with van der Waals surface area (Å²) in [5.41, 5.74) is 7.50. The van der Waals surface area contributed by atoms with Gasteiger partial charge in [-0.2, -0.15) is 0 Å². The van der Waals surface area contributed by atoms with Crippen LogP contribution in [0.3, 0.4) is 0 Å². The Morgan fingerprint density at radius 3 is 2.17 bits per heavy atom. The fourth-order valence-corrected chi connectivity index (χ4v) is 5.21. The Labute approximate surface area is 237 Å². The fourth-order valence-electron chi connectivity index (χ4n) is 5.21. The van der Waals surface area contributed by atoms with Crippen molar-refractivity contribution in [3.63, 3.8) is 0 Å². The van der Waals surface area contributed by atoms with E-state index >= 15 is 0 Å². The van der Waals surface area contributed by atoms with E-state index in [1.807, 2.05) is 95.3 Å². The SMILES string of the molecule is Cc1ccc(NC(=O)NC2CC(c3ccccc3)CC(c3cccc(C)c3)N(NC(=O)CC(C)(C)C)C2=O)cc1. The van der Waals surface area contributed by atoms with Crippen LogP contribution in [0.15, 0.2) is 78.9 Å². The third-order valence-corrected chi connectivity index (χ3v) is 7.12. The number of anilines is 1. The lowest BCUT2D eigenvalue weighted by Gasteiger charge is -2.33. The lowest BCUT2D eigenvalue weighted by Crippen LogP contribution is -2.55. The number of hydrazine groups is 1. The van der Waals surface area contributed by atoms with E-state index in [-0.39, 0.29) is 29.6 Å². The summed E-state index contributed by atoms with van der Waals surface area (Å²) in [5.74, 6) is -0.615. The Kier molecular flexibility index (Phi) is 8.93. The van der Waals surface area contributed by atoms with Crippen LogP contribution in [0.4, 0.5) is 10.5 Å². The van der Waals surface area contributed by atoms with Crippen molar-refractivity contribution in [2.24, 2.45) is 5.41 Å². The van der Waals surface area contributed by atoms with Crippen LogP contribution in [-0.4, -0.2) is 28.9 Å². The van der Waals surface area contributed by atoms with Gasteiger partial charge in [-0.3, -0.25) is 15.0 Å². The zero-order valence-electron chi connectivity index (χ0n) is 24.0. The van der Waals surface area contributed by atoms with E-state index in [2.05, 4.69) is 34.3 Å². The standard InChI is InChI=1S/C33H40N4O3/c1-22-14-16-27(17-15-22)34-32(40)35-28-19-26(24-11-7-6-8-12-24)20-29(25-13-9-10-23(2)18-25)37(31(28)39)36-30(38)21-33(3,4)5/h6-18,26,28-29H,19-21H2,1-5H3,(H,36,38)(H2,34,35,40). The van der Waals surface area contributed by atoms with Gasteiger partial charge in [-0.25, -0.2) is 9.80 Å². The van der Waals surface area contributed by atoms with Crippen molar-refractivity contribution in [2.45, 2.75) is 71.9 Å². The van der Waals surface area contributed by atoms with Crippen molar-refractivity contribution < 1.29 is 14.4 Å². The number of aryl methyl sites for hydroxylation is 2. The lowest BCUT2D eigenvalue weighted by molar-refractivity contribution is -0.146. The molecule has 4 rings (SSSR count). The molecule has 40 heavy (non-hydrogen) atoms. The van der Waals surface area contributed by atoms with E-state index in [1.54, 1.807) is 0 Å². The third-order valence-electron chi connectivity index (χ3n) is 7.12. The molecular formula is C33H40N4O3. The van der Waals surface area contributed by atoms with E-state index in [0.29, 0.717) is 18.5 Å². The zero-order valence-corrected chi connectivity index (χ0v) is 24.0. The number of nitrogens with one attached hydrogen (secondary N) is 3. The van der Waals surface area contributed by atoms with Crippen LogP contribution in [0, 0.1) is 19.3 Å². The van der Waals surface area contributed by atoms with E-state index < -0.39 is 18.1 Å². The van der Waals surface area contributed by atoms with E-state index in [1.165, 1.54) is 5.01 Å². The molecule has 1 saturated heterocycles. The number of rotatable bonds is 6. The quantitative estimate of drug-likeness (QED) is 0.338. The van der Waals surface area contributed by atoms with Crippen molar-refractivity contribution in [3.8, 4) is 0 Å². The first-order valence-electron chi connectivity index (χ1n) is 13.9. The van der Waals surface area contributed by atoms with Crippen LogP contribution in [-0.2, 0) is 9.59 Å². The fraction of sp³-hybridized carbons (Fsp3) is 0.364. The molecule has 3 unspecified atom stereocenters. The summed E-state index contributed by atoms with van der Waals surface area (Å²) in [4.78, 5) is 40.5. The summed E-state index contributed by atoms with van der Waals surface area (Å²) in [5, 5.41) is 7.22. The number of urea groups is 1. The van der Waals surface area contributed by atoms with Gasteiger partial charge in [0.25, 0.3) is 5.91 Å². The van der Waals surface area contributed by atoms with Crippen molar-refractivity contribution in [1.82, 2.24) is 15.8 Å². The molecule has 0 bridgehead atoms. The minimum Gasteiger partial charge on any atom is -0.326 e.